The zero-order chi connectivity index (χ0) is 8.10. The van der Waals surface area contributed by atoms with E-state index in [1.807, 2.05) is 12.3 Å². The first-order chi connectivity index (χ1) is 5.29. The maximum absolute atomic E-state index is 10.5. The number of nitrogens with zero attached hydrogens (tertiary/aromatic N) is 1. The lowest BCUT2D eigenvalue weighted by molar-refractivity contribution is -0.119. The van der Waals surface area contributed by atoms with Gasteiger partial charge in [0, 0.05) is 31.8 Å². The second kappa shape index (κ2) is 3.91. The lowest BCUT2D eigenvalue weighted by atomic mass is 10.1. The number of hydrogen-bond donors (Lipinski definition) is 1. The first-order valence-electron chi connectivity index (χ1n) is 3.72. The molecule has 0 saturated heterocycles. The van der Waals surface area contributed by atoms with Crippen molar-refractivity contribution in [3.63, 3.8) is 0 Å². The van der Waals surface area contributed by atoms with Crippen molar-refractivity contribution in [2.45, 2.75) is 13.3 Å². The maximum Gasteiger partial charge on any atom is 0.216 e. The fourth-order valence-corrected chi connectivity index (χ4v) is 0.933. The van der Waals surface area contributed by atoms with Gasteiger partial charge in [-0.2, -0.15) is 0 Å². The third kappa shape index (κ3) is 2.98. The Morgan fingerprint density at radius 2 is 2.64 bits per heavy atom. The number of nitrogens with one attached hydrogen (secondary N) is 1. The molecule has 11 heavy (non-hydrogen) atoms. The summed E-state index contributed by atoms with van der Waals surface area (Å²) in [5, 5.41) is 2.76. The predicted molar refractivity (Wildman–Crippen MR) is 44.4 cm³/mol. The molecule has 1 N–H and O–H groups in total. The molecule has 1 unspecified atom stereocenters. The molecule has 0 bridgehead atoms. The summed E-state index contributed by atoms with van der Waals surface area (Å²) < 4.78 is 0. The summed E-state index contributed by atoms with van der Waals surface area (Å²) >= 11 is 0. The van der Waals surface area contributed by atoms with Crippen LogP contribution in [-0.4, -0.2) is 18.7 Å². The van der Waals surface area contributed by atoms with Crippen molar-refractivity contribution in [3.05, 3.63) is 12.3 Å². The molecule has 0 spiro atoms. The zero-order valence-electron chi connectivity index (χ0n) is 6.58. The molecular weight excluding hydrogens is 140 g/mol. The van der Waals surface area contributed by atoms with Gasteiger partial charge in [0.25, 0.3) is 0 Å². The van der Waals surface area contributed by atoms with Gasteiger partial charge in [-0.25, -0.2) is 0 Å². The fourth-order valence-electron chi connectivity index (χ4n) is 0.933. The van der Waals surface area contributed by atoms with Crippen molar-refractivity contribution in [2.75, 3.05) is 6.54 Å². The quantitative estimate of drug-likeness (QED) is 0.622. The Kier molecular flexibility index (Phi) is 2.83. The molecule has 3 heteroatoms. The fraction of sp³-hybridized carbons (Fsp3) is 0.500. The van der Waals surface area contributed by atoms with E-state index in [1.54, 1.807) is 6.20 Å². The zero-order valence-corrected chi connectivity index (χ0v) is 6.58. The first-order valence-corrected chi connectivity index (χ1v) is 3.72. The van der Waals surface area contributed by atoms with Crippen LogP contribution in [0.25, 0.3) is 0 Å². The van der Waals surface area contributed by atoms with E-state index in [1.165, 1.54) is 6.92 Å². The minimum Gasteiger partial charge on any atom is -0.356 e. The Hall–Kier alpha value is -1.12. The van der Waals surface area contributed by atoms with Crippen LogP contribution in [0.1, 0.15) is 13.3 Å². The third-order valence-corrected chi connectivity index (χ3v) is 1.57. The Balaban J connectivity index is 2.22. The lowest BCUT2D eigenvalue weighted by Gasteiger charge is -2.11. The van der Waals surface area contributed by atoms with Crippen LogP contribution in [0.5, 0.6) is 0 Å². The number of aliphatic imine (C=N–C) groups is 1. The van der Waals surface area contributed by atoms with E-state index in [4.69, 9.17) is 0 Å². The summed E-state index contributed by atoms with van der Waals surface area (Å²) in [6.45, 7) is 2.25. The van der Waals surface area contributed by atoms with Gasteiger partial charge >= 0.3 is 0 Å². The molecule has 0 aromatic rings. The van der Waals surface area contributed by atoms with Gasteiger partial charge in [-0.3, -0.25) is 9.79 Å². The van der Waals surface area contributed by atoms with Gasteiger partial charge < -0.3 is 5.32 Å². The molecule has 1 aliphatic rings. The Labute approximate surface area is 66.2 Å². The molecule has 1 rings (SSSR count). The SMILES string of the molecule is CC(=O)NCC1C=CN=CC1. The van der Waals surface area contributed by atoms with Gasteiger partial charge in [-0.1, -0.05) is 6.08 Å². The number of carbonyl (C=O) groups excluding carboxylic acids is 1. The highest BCUT2D eigenvalue weighted by Crippen LogP contribution is 2.05. The second-order valence-electron chi connectivity index (χ2n) is 2.61. The third-order valence-electron chi connectivity index (χ3n) is 1.57. The van der Waals surface area contributed by atoms with Crippen LogP contribution in [0.15, 0.2) is 17.3 Å². The Bertz CT molecular complexity index is 196. The van der Waals surface area contributed by atoms with Crippen molar-refractivity contribution in [1.29, 1.82) is 0 Å². The average Bonchev–Trinajstić information content (AvgIpc) is 2.03. The molecule has 0 radical (unpaired) electrons. The second-order valence-corrected chi connectivity index (χ2v) is 2.61. The van der Waals surface area contributed by atoms with E-state index in [2.05, 4.69) is 10.3 Å². The first kappa shape index (κ1) is 7.98. The molecule has 0 aromatic carbocycles. The van der Waals surface area contributed by atoms with Crippen LogP contribution < -0.4 is 5.32 Å². The van der Waals surface area contributed by atoms with Crippen molar-refractivity contribution in [3.8, 4) is 0 Å². The van der Waals surface area contributed by atoms with Crippen LogP contribution in [0.3, 0.4) is 0 Å². The summed E-state index contributed by atoms with van der Waals surface area (Å²) in [4.78, 5) is 14.5. The summed E-state index contributed by atoms with van der Waals surface area (Å²) in [6, 6.07) is 0. The smallest absolute Gasteiger partial charge is 0.216 e. The van der Waals surface area contributed by atoms with Crippen molar-refractivity contribution < 1.29 is 4.79 Å². The van der Waals surface area contributed by atoms with Crippen molar-refractivity contribution in [2.24, 2.45) is 10.9 Å². The van der Waals surface area contributed by atoms with E-state index in [-0.39, 0.29) is 5.91 Å². The molecule has 1 aliphatic heterocycles. The average molecular weight is 152 g/mol. The molecule has 0 saturated carbocycles. The van der Waals surface area contributed by atoms with Crippen molar-refractivity contribution >= 4 is 12.1 Å². The van der Waals surface area contributed by atoms with Crippen LogP contribution in [0.4, 0.5) is 0 Å². The minimum atomic E-state index is 0.0286. The van der Waals surface area contributed by atoms with Gasteiger partial charge in [0.2, 0.25) is 5.91 Å². The predicted octanol–water partition coefficient (Wildman–Crippen LogP) is 0.727. The lowest BCUT2D eigenvalue weighted by Crippen LogP contribution is -2.26. The topological polar surface area (TPSA) is 41.5 Å². The number of carbonyl (C=O) groups is 1. The van der Waals surface area contributed by atoms with Gasteiger partial charge in [0.15, 0.2) is 0 Å². The standard InChI is InChI=1S/C8H12N2O/c1-7(11)10-6-8-2-4-9-5-3-8/h2,4-5,8H,3,6H2,1H3,(H,10,11). The molecule has 0 aromatic heterocycles. The van der Waals surface area contributed by atoms with Crippen LogP contribution in [0.2, 0.25) is 0 Å². The summed E-state index contributed by atoms with van der Waals surface area (Å²) in [7, 11) is 0. The van der Waals surface area contributed by atoms with E-state index >= 15 is 0 Å². The molecular formula is C8H12N2O. The normalized spacial score (nSPS) is 21.7. The number of hydrogen-bond acceptors (Lipinski definition) is 2. The highest BCUT2D eigenvalue weighted by molar-refractivity contribution is 5.72. The summed E-state index contributed by atoms with van der Waals surface area (Å²) in [5.41, 5.74) is 0. The molecule has 1 heterocycles. The van der Waals surface area contributed by atoms with E-state index < -0.39 is 0 Å². The number of amides is 1. The van der Waals surface area contributed by atoms with E-state index in [0.29, 0.717) is 5.92 Å². The van der Waals surface area contributed by atoms with Crippen LogP contribution in [0, 0.1) is 5.92 Å². The monoisotopic (exact) mass is 152 g/mol. The molecule has 0 fully saturated rings. The van der Waals surface area contributed by atoms with Gasteiger partial charge in [0.1, 0.15) is 0 Å². The molecule has 60 valence electrons. The molecule has 3 nitrogen and oxygen atoms in total. The molecule has 0 aliphatic carbocycles. The van der Waals surface area contributed by atoms with Gasteiger partial charge in [0.05, 0.1) is 0 Å². The highest BCUT2D eigenvalue weighted by atomic mass is 16.1. The summed E-state index contributed by atoms with van der Waals surface area (Å²) in [6.07, 6.45) is 6.58. The van der Waals surface area contributed by atoms with Gasteiger partial charge in [-0.05, 0) is 6.42 Å². The minimum absolute atomic E-state index is 0.0286. The maximum atomic E-state index is 10.5. The molecule has 1 atom stereocenters. The van der Waals surface area contributed by atoms with E-state index in [9.17, 15) is 4.79 Å². The van der Waals surface area contributed by atoms with Crippen LogP contribution in [-0.2, 0) is 4.79 Å². The largest absolute Gasteiger partial charge is 0.356 e. The van der Waals surface area contributed by atoms with Crippen LogP contribution >= 0.6 is 0 Å². The summed E-state index contributed by atoms with van der Waals surface area (Å²) in [5.74, 6) is 0.456. The van der Waals surface area contributed by atoms with Gasteiger partial charge in [-0.15, -0.1) is 0 Å². The van der Waals surface area contributed by atoms with E-state index in [0.717, 1.165) is 13.0 Å². The Morgan fingerprint density at radius 1 is 1.82 bits per heavy atom. The highest BCUT2D eigenvalue weighted by Gasteiger charge is 2.05. The van der Waals surface area contributed by atoms with Crippen molar-refractivity contribution in [1.82, 2.24) is 5.32 Å². The molecule has 1 amide bonds. The Morgan fingerprint density at radius 3 is 3.18 bits per heavy atom. The number of rotatable bonds is 2.